The van der Waals surface area contributed by atoms with Gasteiger partial charge < -0.3 is 0 Å². The van der Waals surface area contributed by atoms with Gasteiger partial charge in [0.25, 0.3) is 0 Å². The third-order valence-electron chi connectivity index (χ3n) is 4.32. The number of aromatic amines is 1. The molecule has 7 heteroatoms. The molecule has 4 aromatic rings. The molecule has 1 aromatic carbocycles. The summed E-state index contributed by atoms with van der Waals surface area (Å²) in [6.45, 7) is 1.84. The van der Waals surface area contributed by atoms with Gasteiger partial charge in [-0.1, -0.05) is 12.1 Å². The maximum Gasteiger partial charge on any atom is 0.417 e. The SMILES string of the molecule is Cc1ccncc1-c1ccc(-c2ccnc3[nH]ncc23)c(C(F)(F)F)c1. The lowest BCUT2D eigenvalue weighted by Crippen LogP contribution is -2.08. The van der Waals surface area contributed by atoms with Crippen LogP contribution in [0.1, 0.15) is 11.1 Å². The van der Waals surface area contributed by atoms with Crippen molar-refractivity contribution in [1.82, 2.24) is 20.2 Å². The first-order valence-corrected chi connectivity index (χ1v) is 7.86. The minimum absolute atomic E-state index is 0.0941. The van der Waals surface area contributed by atoms with Gasteiger partial charge in [-0.3, -0.25) is 10.1 Å². The minimum Gasteiger partial charge on any atom is -0.264 e. The van der Waals surface area contributed by atoms with Crippen molar-refractivity contribution >= 4 is 11.0 Å². The van der Waals surface area contributed by atoms with E-state index in [4.69, 9.17) is 0 Å². The average molecular weight is 354 g/mol. The van der Waals surface area contributed by atoms with Crippen molar-refractivity contribution in [3.8, 4) is 22.3 Å². The van der Waals surface area contributed by atoms with Gasteiger partial charge in [0.05, 0.1) is 11.8 Å². The Labute approximate surface area is 146 Å². The first-order valence-electron chi connectivity index (χ1n) is 7.86. The van der Waals surface area contributed by atoms with Crippen LogP contribution in [0.5, 0.6) is 0 Å². The first-order chi connectivity index (χ1) is 12.4. The van der Waals surface area contributed by atoms with E-state index in [0.717, 1.165) is 5.56 Å². The summed E-state index contributed by atoms with van der Waals surface area (Å²) < 4.78 is 41.4. The number of benzene rings is 1. The molecule has 3 aromatic heterocycles. The van der Waals surface area contributed by atoms with E-state index >= 15 is 0 Å². The monoisotopic (exact) mass is 354 g/mol. The normalized spacial score (nSPS) is 11.8. The van der Waals surface area contributed by atoms with Crippen molar-refractivity contribution in [1.29, 1.82) is 0 Å². The summed E-state index contributed by atoms with van der Waals surface area (Å²) in [5, 5.41) is 7.11. The van der Waals surface area contributed by atoms with E-state index < -0.39 is 11.7 Å². The van der Waals surface area contributed by atoms with Gasteiger partial charge in [-0.2, -0.15) is 18.3 Å². The van der Waals surface area contributed by atoms with E-state index in [1.165, 1.54) is 24.5 Å². The predicted molar refractivity (Wildman–Crippen MR) is 92.3 cm³/mol. The van der Waals surface area contributed by atoms with E-state index in [1.54, 1.807) is 30.6 Å². The van der Waals surface area contributed by atoms with E-state index in [0.29, 0.717) is 27.7 Å². The van der Waals surface area contributed by atoms with E-state index in [1.807, 2.05) is 6.92 Å². The molecule has 0 saturated heterocycles. The van der Waals surface area contributed by atoms with Crippen molar-refractivity contribution in [3.63, 3.8) is 0 Å². The summed E-state index contributed by atoms with van der Waals surface area (Å²) in [6, 6.07) is 7.69. The molecule has 0 saturated carbocycles. The number of aromatic nitrogens is 4. The highest BCUT2D eigenvalue weighted by Crippen LogP contribution is 2.41. The summed E-state index contributed by atoms with van der Waals surface area (Å²) >= 11 is 0. The van der Waals surface area contributed by atoms with Crippen LogP contribution in [-0.2, 0) is 6.18 Å². The maximum atomic E-state index is 13.8. The van der Waals surface area contributed by atoms with Crippen LogP contribution in [0.25, 0.3) is 33.3 Å². The summed E-state index contributed by atoms with van der Waals surface area (Å²) in [7, 11) is 0. The van der Waals surface area contributed by atoms with Gasteiger partial charge in [0.2, 0.25) is 0 Å². The molecule has 4 rings (SSSR count). The summed E-state index contributed by atoms with van der Waals surface area (Å²) in [5.41, 5.74) is 2.29. The molecular formula is C19H13F3N4. The van der Waals surface area contributed by atoms with Gasteiger partial charge in [0.15, 0.2) is 5.65 Å². The molecule has 0 radical (unpaired) electrons. The number of fused-ring (bicyclic) bond motifs is 1. The number of nitrogens with zero attached hydrogens (tertiary/aromatic N) is 3. The fraction of sp³-hybridized carbons (Fsp3) is 0.105. The molecule has 26 heavy (non-hydrogen) atoms. The van der Waals surface area contributed by atoms with Gasteiger partial charge in [-0.05, 0) is 47.4 Å². The van der Waals surface area contributed by atoms with Crippen LogP contribution in [0, 0.1) is 6.92 Å². The predicted octanol–water partition coefficient (Wildman–Crippen LogP) is 5.01. The van der Waals surface area contributed by atoms with Crippen molar-refractivity contribution in [3.05, 3.63) is 66.2 Å². The van der Waals surface area contributed by atoms with Gasteiger partial charge in [0, 0.05) is 29.5 Å². The van der Waals surface area contributed by atoms with Gasteiger partial charge >= 0.3 is 6.18 Å². The molecule has 0 atom stereocenters. The maximum absolute atomic E-state index is 13.8. The molecule has 0 aliphatic heterocycles. The number of nitrogens with one attached hydrogen (secondary N) is 1. The Morgan fingerprint density at radius 1 is 0.923 bits per heavy atom. The number of H-pyrrole nitrogens is 1. The average Bonchev–Trinajstić information content (AvgIpc) is 3.10. The fourth-order valence-corrected chi connectivity index (χ4v) is 3.03. The zero-order chi connectivity index (χ0) is 18.3. The molecule has 0 aliphatic rings. The highest BCUT2D eigenvalue weighted by atomic mass is 19.4. The van der Waals surface area contributed by atoms with Crippen molar-refractivity contribution < 1.29 is 13.2 Å². The third kappa shape index (κ3) is 2.71. The number of halogens is 3. The Balaban J connectivity index is 1.97. The van der Waals surface area contributed by atoms with Crippen molar-refractivity contribution in [2.45, 2.75) is 13.1 Å². The summed E-state index contributed by atoms with van der Waals surface area (Å²) in [6.07, 6.45) is 1.64. The molecule has 4 nitrogen and oxygen atoms in total. The molecule has 0 spiro atoms. The number of rotatable bonds is 2. The molecule has 0 fully saturated rings. The summed E-state index contributed by atoms with van der Waals surface area (Å²) in [5.74, 6) is 0. The highest BCUT2D eigenvalue weighted by molar-refractivity contribution is 5.93. The second kappa shape index (κ2) is 5.94. The number of hydrogen-bond acceptors (Lipinski definition) is 3. The van der Waals surface area contributed by atoms with E-state index in [2.05, 4.69) is 20.2 Å². The number of aryl methyl sites for hydroxylation is 1. The molecule has 3 heterocycles. The Morgan fingerprint density at radius 2 is 1.77 bits per heavy atom. The number of hydrogen-bond donors (Lipinski definition) is 1. The van der Waals surface area contributed by atoms with E-state index in [-0.39, 0.29) is 5.56 Å². The number of alkyl halides is 3. The fourth-order valence-electron chi connectivity index (χ4n) is 3.03. The van der Waals surface area contributed by atoms with Gasteiger partial charge in [0.1, 0.15) is 0 Å². The standard InChI is InChI=1S/C19H13F3N4/c1-11-4-6-23-9-15(11)12-2-3-14(17(8-12)19(20,21)22)13-5-7-24-18-16(13)10-25-26-18/h2-10H,1H3,(H,24,25,26). The van der Waals surface area contributed by atoms with Crippen LogP contribution in [0.4, 0.5) is 13.2 Å². The second-order valence-electron chi connectivity index (χ2n) is 5.94. The lowest BCUT2D eigenvalue weighted by Gasteiger charge is -2.16. The number of pyridine rings is 2. The Morgan fingerprint density at radius 3 is 2.54 bits per heavy atom. The topological polar surface area (TPSA) is 54.5 Å². The molecule has 0 aliphatic carbocycles. The van der Waals surface area contributed by atoms with Crippen LogP contribution in [0.2, 0.25) is 0 Å². The highest BCUT2D eigenvalue weighted by Gasteiger charge is 2.34. The van der Waals surface area contributed by atoms with Crippen LogP contribution in [-0.4, -0.2) is 20.2 Å². The van der Waals surface area contributed by atoms with Crippen LogP contribution in [0.15, 0.2) is 55.1 Å². The zero-order valence-electron chi connectivity index (χ0n) is 13.7. The summed E-state index contributed by atoms with van der Waals surface area (Å²) in [4.78, 5) is 8.11. The quantitative estimate of drug-likeness (QED) is 0.550. The Bertz CT molecular complexity index is 1100. The van der Waals surface area contributed by atoms with Crippen LogP contribution >= 0.6 is 0 Å². The van der Waals surface area contributed by atoms with Crippen LogP contribution in [0.3, 0.4) is 0 Å². The smallest absolute Gasteiger partial charge is 0.264 e. The minimum atomic E-state index is -4.50. The Kier molecular flexibility index (Phi) is 3.72. The van der Waals surface area contributed by atoms with Crippen LogP contribution < -0.4 is 0 Å². The van der Waals surface area contributed by atoms with Crippen molar-refractivity contribution in [2.75, 3.05) is 0 Å². The third-order valence-corrected chi connectivity index (χ3v) is 4.32. The second-order valence-corrected chi connectivity index (χ2v) is 5.94. The molecule has 1 N–H and O–H groups in total. The van der Waals surface area contributed by atoms with Gasteiger partial charge in [-0.25, -0.2) is 4.98 Å². The Hall–Kier alpha value is -3.22. The lowest BCUT2D eigenvalue weighted by atomic mass is 9.93. The zero-order valence-corrected chi connectivity index (χ0v) is 13.7. The molecule has 0 amide bonds. The van der Waals surface area contributed by atoms with E-state index in [9.17, 15) is 13.2 Å². The largest absolute Gasteiger partial charge is 0.417 e. The molecular weight excluding hydrogens is 341 g/mol. The first kappa shape index (κ1) is 16.3. The van der Waals surface area contributed by atoms with Crippen molar-refractivity contribution in [2.24, 2.45) is 0 Å². The molecule has 0 bridgehead atoms. The molecule has 0 unspecified atom stereocenters. The molecule has 130 valence electrons. The lowest BCUT2D eigenvalue weighted by molar-refractivity contribution is -0.137. The van der Waals surface area contributed by atoms with Gasteiger partial charge in [-0.15, -0.1) is 0 Å².